The van der Waals surface area contributed by atoms with Crippen molar-refractivity contribution in [3.05, 3.63) is 95.8 Å². The summed E-state index contributed by atoms with van der Waals surface area (Å²) in [5.41, 5.74) is 4.19. The maximum absolute atomic E-state index is 13.2. The van der Waals surface area contributed by atoms with E-state index in [9.17, 15) is 4.79 Å². The molecular weight excluding hydrogens is 458 g/mol. The van der Waals surface area contributed by atoms with Gasteiger partial charge in [0.25, 0.3) is 5.91 Å². The Kier molecular flexibility index (Phi) is 6.45. The Morgan fingerprint density at radius 1 is 1.06 bits per heavy atom. The van der Waals surface area contributed by atoms with Crippen molar-refractivity contribution in [2.45, 2.75) is 6.92 Å². The van der Waals surface area contributed by atoms with E-state index < -0.39 is 0 Å². The normalized spacial score (nSPS) is 15.8. The zero-order valence-corrected chi connectivity index (χ0v) is 20.1. The molecule has 1 aliphatic rings. The Bertz CT molecular complexity index is 1400. The van der Waals surface area contributed by atoms with Crippen LogP contribution in [0.25, 0.3) is 23.0 Å². The second-order valence-electron chi connectivity index (χ2n) is 7.71. The van der Waals surface area contributed by atoms with Crippen LogP contribution >= 0.6 is 11.8 Å². The molecule has 0 spiro atoms. The highest BCUT2D eigenvalue weighted by atomic mass is 32.2. The molecule has 1 aliphatic heterocycles. The Morgan fingerprint density at radius 2 is 1.86 bits per heavy atom. The first kappa shape index (κ1) is 22.6. The van der Waals surface area contributed by atoms with E-state index in [2.05, 4.69) is 9.98 Å². The number of amides is 1. The van der Waals surface area contributed by atoms with Crippen molar-refractivity contribution in [2.24, 2.45) is 4.99 Å². The highest BCUT2D eigenvalue weighted by Crippen LogP contribution is 2.36. The van der Waals surface area contributed by atoms with Crippen LogP contribution in [0.15, 0.2) is 95.2 Å². The second kappa shape index (κ2) is 9.99. The van der Waals surface area contributed by atoms with E-state index in [0.717, 1.165) is 28.3 Å². The lowest BCUT2D eigenvalue weighted by atomic mass is 10.1. The number of hydrogen-bond acceptors (Lipinski definition) is 6. The van der Waals surface area contributed by atoms with Gasteiger partial charge >= 0.3 is 0 Å². The Morgan fingerprint density at radius 3 is 2.54 bits per heavy atom. The van der Waals surface area contributed by atoms with Gasteiger partial charge < -0.3 is 4.74 Å². The fraction of sp³-hybridized carbons (Fsp3) is 0.111. The summed E-state index contributed by atoms with van der Waals surface area (Å²) in [5.74, 6) is 0.695. The number of ether oxygens (including phenoxy) is 1. The number of carbonyl (C=O) groups is 1. The molecule has 0 aliphatic carbocycles. The number of aromatic nitrogens is 3. The second-order valence-corrected chi connectivity index (χ2v) is 8.72. The lowest BCUT2D eigenvalue weighted by molar-refractivity contribution is -0.122. The fourth-order valence-corrected chi connectivity index (χ4v) is 4.77. The van der Waals surface area contributed by atoms with E-state index in [1.807, 2.05) is 90.6 Å². The molecule has 174 valence electrons. The summed E-state index contributed by atoms with van der Waals surface area (Å²) in [7, 11) is 1.64. The Labute approximate surface area is 207 Å². The summed E-state index contributed by atoms with van der Waals surface area (Å²) < 4.78 is 7.14. The van der Waals surface area contributed by atoms with Gasteiger partial charge in [0.05, 0.1) is 35.3 Å². The minimum absolute atomic E-state index is 0.0757. The quantitative estimate of drug-likeness (QED) is 0.337. The first-order chi connectivity index (χ1) is 17.2. The number of likely N-dealkylation sites (N-methyl/N-ethyl adjacent to an activating group) is 1. The van der Waals surface area contributed by atoms with Crippen LogP contribution in [0, 0.1) is 0 Å². The molecule has 7 nitrogen and oxygen atoms in total. The SMILES string of the molecule is CCN1C(=O)/C(=C/c2cn(-c3ccccc3)nc2-c2ccc(OC)cc2)SC1=Nc1cccnc1. The Balaban J connectivity index is 1.57. The van der Waals surface area contributed by atoms with Crippen molar-refractivity contribution in [1.82, 2.24) is 19.7 Å². The number of amidine groups is 1. The number of aliphatic imine (C=N–C) groups is 1. The van der Waals surface area contributed by atoms with Crippen LogP contribution in [0.3, 0.4) is 0 Å². The zero-order valence-electron chi connectivity index (χ0n) is 19.3. The summed E-state index contributed by atoms with van der Waals surface area (Å²) in [6.07, 6.45) is 7.22. The molecule has 0 bridgehead atoms. The van der Waals surface area contributed by atoms with Crippen molar-refractivity contribution in [2.75, 3.05) is 13.7 Å². The number of methoxy groups -OCH3 is 1. The predicted molar refractivity (Wildman–Crippen MR) is 140 cm³/mol. The van der Waals surface area contributed by atoms with Crippen LogP contribution < -0.4 is 4.74 Å². The number of carbonyl (C=O) groups excluding carboxylic acids is 1. The lowest BCUT2D eigenvalue weighted by Crippen LogP contribution is -2.28. The molecule has 2 aromatic carbocycles. The minimum atomic E-state index is -0.0757. The third-order valence-electron chi connectivity index (χ3n) is 5.49. The fourth-order valence-electron chi connectivity index (χ4n) is 3.72. The molecule has 2 aromatic heterocycles. The smallest absolute Gasteiger partial charge is 0.266 e. The van der Waals surface area contributed by atoms with Crippen LogP contribution in [-0.2, 0) is 4.79 Å². The number of benzene rings is 2. The highest BCUT2D eigenvalue weighted by molar-refractivity contribution is 8.18. The maximum atomic E-state index is 13.2. The van der Waals surface area contributed by atoms with E-state index in [4.69, 9.17) is 9.84 Å². The number of hydrogen-bond donors (Lipinski definition) is 0. The van der Waals surface area contributed by atoms with E-state index in [-0.39, 0.29) is 5.91 Å². The molecule has 1 saturated heterocycles. The molecule has 8 heteroatoms. The monoisotopic (exact) mass is 481 g/mol. The van der Waals surface area contributed by atoms with Crippen LogP contribution in [0.1, 0.15) is 12.5 Å². The van der Waals surface area contributed by atoms with Gasteiger partial charge in [0.15, 0.2) is 5.17 Å². The van der Waals surface area contributed by atoms with Crippen LogP contribution in [0.2, 0.25) is 0 Å². The van der Waals surface area contributed by atoms with Gasteiger partial charge in [-0.05, 0) is 73.3 Å². The summed E-state index contributed by atoms with van der Waals surface area (Å²) in [6, 6.07) is 21.3. The summed E-state index contributed by atoms with van der Waals surface area (Å²) in [6.45, 7) is 2.47. The summed E-state index contributed by atoms with van der Waals surface area (Å²) >= 11 is 1.36. The zero-order chi connectivity index (χ0) is 24.2. The van der Waals surface area contributed by atoms with Crippen molar-refractivity contribution in [3.63, 3.8) is 0 Å². The van der Waals surface area contributed by atoms with Crippen molar-refractivity contribution >= 4 is 34.6 Å². The molecule has 0 atom stereocenters. The number of para-hydroxylation sites is 1. The molecule has 3 heterocycles. The van der Waals surface area contributed by atoms with Gasteiger partial charge in [0.1, 0.15) is 5.75 Å². The average Bonchev–Trinajstić information content (AvgIpc) is 3.46. The van der Waals surface area contributed by atoms with E-state index in [1.54, 1.807) is 24.4 Å². The van der Waals surface area contributed by atoms with Gasteiger partial charge in [-0.3, -0.25) is 14.7 Å². The Hall–Kier alpha value is -4.17. The van der Waals surface area contributed by atoms with Gasteiger partial charge in [0, 0.05) is 30.1 Å². The van der Waals surface area contributed by atoms with Gasteiger partial charge in [0.2, 0.25) is 0 Å². The van der Waals surface area contributed by atoms with Crippen molar-refractivity contribution < 1.29 is 9.53 Å². The number of pyridine rings is 1. The van der Waals surface area contributed by atoms with E-state index in [1.165, 1.54) is 11.8 Å². The number of thioether (sulfide) groups is 1. The summed E-state index contributed by atoms with van der Waals surface area (Å²) in [5, 5.41) is 5.50. The molecule has 0 radical (unpaired) electrons. The maximum Gasteiger partial charge on any atom is 0.266 e. The first-order valence-corrected chi connectivity index (χ1v) is 12.0. The molecule has 4 aromatic rings. The third kappa shape index (κ3) is 4.74. The van der Waals surface area contributed by atoms with E-state index >= 15 is 0 Å². The highest BCUT2D eigenvalue weighted by Gasteiger charge is 2.32. The largest absolute Gasteiger partial charge is 0.497 e. The molecule has 0 N–H and O–H groups in total. The topological polar surface area (TPSA) is 72.6 Å². The predicted octanol–water partition coefficient (Wildman–Crippen LogP) is 5.57. The third-order valence-corrected chi connectivity index (χ3v) is 6.49. The molecule has 1 amide bonds. The molecule has 0 unspecified atom stereocenters. The first-order valence-electron chi connectivity index (χ1n) is 11.2. The summed E-state index contributed by atoms with van der Waals surface area (Å²) in [4.78, 5) is 24.3. The lowest BCUT2D eigenvalue weighted by Gasteiger charge is -2.11. The standard InChI is InChI=1S/C27H23N5O2S/c1-3-31-26(33)24(35-27(31)29-21-8-7-15-28-17-21)16-20-18-32(22-9-5-4-6-10-22)30-25(20)19-11-13-23(34-2)14-12-19/h4-18H,3H2,1-2H3/b24-16-,29-27?. The average molecular weight is 482 g/mol. The van der Waals surface area contributed by atoms with Crippen molar-refractivity contribution in [1.29, 1.82) is 0 Å². The van der Waals surface area contributed by atoms with Crippen LogP contribution in [0.5, 0.6) is 5.75 Å². The number of rotatable bonds is 6. The molecule has 0 saturated carbocycles. The molecule has 5 rings (SSSR count). The van der Waals surface area contributed by atoms with Crippen molar-refractivity contribution in [3.8, 4) is 22.7 Å². The van der Waals surface area contributed by atoms with Gasteiger partial charge in [-0.1, -0.05) is 18.2 Å². The molecule has 35 heavy (non-hydrogen) atoms. The minimum Gasteiger partial charge on any atom is -0.497 e. The van der Waals surface area contributed by atoms with Crippen LogP contribution in [0.4, 0.5) is 5.69 Å². The van der Waals surface area contributed by atoms with Crippen LogP contribution in [-0.4, -0.2) is 44.4 Å². The van der Waals surface area contributed by atoms with Gasteiger partial charge in [-0.15, -0.1) is 0 Å². The van der Waals surface area contributed by atoms with Gasteiger partial charge in [-0.25, -0.2) is 9.67 Å². The van der Waals surface area contributed by atoms with E-state index in [0.29, 0.717) is 22.3 Å². The molecule has 1 fully saturated rings. The van der Waals surface area contributed by atoms with Gasteiger partial charge in [-0.2, -0.15) is 5.10 Å². The molecular formula is C27H23N5O2S. The number of nitrogens with zero attached hydrogens (tertiary/aromatic N) is 5.